The minimum Gasteiger partial charge on any atom is -0.275 e. The molecule has 0 aliphatic heterocycles. The van der Waals surface area contributed by atoms with Gasteiger partial charge in [0.15, 0.2) is 0 Å². The largest absolute Gasteiger partial charge is 0.275 e. The molecule has 1 N–H and O–H groups in total. The summed E-state index contributed by atoms with van der Waals surface area (Å²) in [6.07, 6.45) is 1.75. The van der Waals surface area contributed by atoms with Gasteiger partial charge in [-0.15, -0.1) is 0 Å². The Hall–Kier alpha value is -1.88. The van der Waals surface area contributed by atoms with E-state index in [-0.39, 0.29) is 16.5 Å². The van der Waals surface area contributed by atoms with Crippen LogP contribution in [0.1, 0.15) is 16.8 Å². The van der Waals surface area contributed by atoms with E-state index in [0.29, 0.717) is 5.56 Å². The molecule has 8 heteroatoms. The van der Waals surface area contributed by atoms with Crippen molar-refractivity contribution in [2.24, 2.45) is 7.05 Å². The van der Waals surface area contributed by atoms with Gasteiger partial charge < -0.3 is 0 Å². The number of rotatable bonds is 4. The average molecular weight is 325 g/mol. The molecule has 21 heavy (non-hydrogen) atoms. The summed E-state index contributed by atoms with van der Waals surface area (Å²) < 4.78 is 28.6. The first-order valence-corrected chi connectivity index (χ1v) is 7.88. The van der Waals surface area contributed by atoms with E-state index in [4.69, 9.17) is 16.9 Å². The first-order valence-electron chi connectivity index (χ1n) is 6.02. The number of nitrogens with zero attached hydrogens (tertiary/aromatic N) is 3. The summed E-state index contributed by atoms with van der Waals surface area (Å²) >= 11 is 5.92. The van der Waals surface area contributed by atoms with Gasteiger partial charge in [-0.05, 0) is 25.1 Å². The lowest BCUT2D eigenvalue weighted by atomic mass is 10.2. The van der Waals surface area contributed by atoms with Crippen molar-refractivity contribution in [1.29, 1.82) is 5.26 Å². The average Bonchev–Trinajstić information content (AvgIpc) is 2.74. The number of nitrogens with one attached hydrogen (secondary N) is 1. The van der Waals surface area contributed by atoms with Crippen LogP contribution >= 0.6 is 11.6 Å². The molecule has 110 valence electrons. The van der Waals surface area contributed by atoms with Crippen molar-refractivity contribution in [3.8, 4) is 6.07 Å². The number of sulfonamides is 1. The van der Waals surface area contributed by atoms with E-state index in [1.54, 1.807) is 24.9 Å². The van der Waals surface area contributed by atoms with Gasteiger partial charge in [-0.25, -0.2) is 13.1 Å². The standard InChI is InChI=1S/C13H13ClN4O2S/c1-9-11(8-18(2)17-9)7-16-21(19,20)13-4-3-10(6-15)5-12(13)14/h3-5,8,16H,7H2,1-2H3. The molecule has 2 aromatic rings. The Labute approximate surface area is 128 Å². The highest BCUT2D eigenvalue weighted by Crippen LogP contribution is 2.22. The van der Waals surface area contributed by atoms with Gasteiger partial charge in [0.1, 0.15) is 4.90 Å². The zero-order valence-electron chi connectivity index (χ0n) is 11.5. The lowest BCUT2D eigenvalue weighted by Gasteiger charge is -2.08. The summed E-state index contributed by atoms with van der Waals surface area (Å²) in [5, 5.41) is 12.9. The number of hydrogen-bond donors (Lipinski definition) is 1. The fraction of sp³-hybridized carbons (Fsp3) is 0.231. The van der Waals surface area contributed by atoms with Gasteiger partial charge in [0.25, 0.3) is 0 Å². The van der Waals surface area contributed by atoms with E-state index >= 15 is 0 Å². The van der Waals surface area contributed by atoms with Crippen LogP contribution < -0.4 is 4.72 Å². The second-order valence-corrected chi connectivity index (χ2v) is 6.64. The van der Waals surface area contributed by atoms with E-state index in [2.05, 4.69) is 9.82 Å². The molecule has 0 unspecified atom stereocenters. The molecule has 0 atom stereocenters. The fourth-order valence-electron chi connectivity index (χ4n) is 1.86. The van der Waals surface area contributed by atoms with E-state index in [1.165, 1.54) is 18.2 Å². The molecule has 1 aromatic heterocycles. The molecule has 0 amide bonds. The number of nitriles is 1. The smallest absolute Gasteiger partial charge is 0.242 e. The number of benzene rings is 1. The van der Waals surface area contributed by atoms with E-state index in [0.717, 1.165) is 11.3 Å². The fourth-order valence-corrected chi connectivity index (χ4v) is 3.41. The molecule has 1 aromatic carbocycles. The monoisotopic (exact) mass is 324 g/mol. The summed E-state index contributed by atoms with van der Waals surface area (Å²) in [6.45, 7) is 1.93. The lowest BCUT2D eigenvalue weighted by Crippen LogP contribution is -2.23. The second kappa shape index (κ2) is 5.85. The van der Waals surface area contributed by atoms with Gasteiger partial charge in [0.2, 0.25) is 10.0 Å². The van der Waals surface area contributed by atoms with Crippen molar-refractivity contribution < 1.29 is 8.42 Å². The Morgan fingerprint density at radius 1 is 1.48 bits per heavy atom. The molecule has 0 fully saturated rings. The lowest BCUT2D eigenvalue weighted by molar-refractivity contribution is 0.581. The van der Waals surface area contributed by atoms with Crippen LogP contribution in [0.2, 0.25) is 5.02 Å². The molecule has 0 spiro atoms. The van der Waals surface area contributed by atoms with Crippen LogP contribution in [0.15, 0.2) is 29.3 Å². The third-order valence-corrected chi connectivity index (χ3v) is 4.80. The highest BCUT2D eigenvalue weighted by Gasteiger charge is 2.18. The predicted octanol–water partition coefficient (Wildman–Crippen LogP) is 1.73. The Bertz CT molecular complexity index is 821. The maximum Gasteiger partial charge on any atom is 0.242 e. The van der Waals surface area contributed by atoms with Gasteiger partial charge in [-0.3, -0.25) is 4.68 Å². The normalized spacial score (nSPS) is 11.3. The molecule has 2 rings (SSSR count). The SMILES string of the molecule is Cc1nn(C)cc1CNS(=O)(=O)c1ccc(C#N)cc1Cl. The topological polar surface area (TPSA) is 87.8 Å². The first kappa shape index (κ1) is 15.5. The van der Waals surface area contributed by atoms with Gasteiger partial charge in [0.05, 0.1) is 22.3 Å². The molecule has 6 nitrogen and oxygen atoms in total. The Kier molecular flexibility index (Phi) is 4.32. The highest BCUT2D eigenvalue weighted by molar-refractivity contribution is 7.89. The van der Waals surface area contributed by atoms with Gasteiger partial charge in [-0.2, -0.15) is 10.4 Å². The number of aryl methyl sites for hydroxylation is 2. The van der Waals surface area contributed by atoms with Crippen LogP contribution in [-0.2, 0) is 23.6 Å². The van der Waals surface area contributed by atoms with Crippen molar-refractivity contribution >= 4 is 21.6 Å². The molecular weight excluding hydrogens is 312 g/mol. The molecule has 1 heterocycles. The van der Waals surface area contributed by atoms with Crippen molar-refractivity contribution in [2.45, 2.75) is 18.4 Å². The quantitative estimate of drug-likeness (QED) is 0.927. The molecule has 0 saturated carbocycles. The van der Waals surface area contributed by atoms with Crippen molar-refractivity contribution in [3.63, 3.8) is 0 Å². The maximum absolute atomic E-state index is 12.2. The number of hydrogen-bond acceptors (Lipinski definition) is 4. The Morgan fingerprint density at radius 3 is 2.71 bits per heavy atom. The van der Waals surface area contributed by atoms with E-state index in [1.807, 2.05) is 6.07 Å². The summed E-state index contributed by atoms with van der Waals surface area (Å²) in [5.74, 6) is 0. The summed E-state index contributed by atoms with van der Waals surface area (Å²) in [5.41, 5.74) is 1.85. The van der Waals surface area contributed by atoms with Crippen LogP contribution in [0.3, 0.4) is 0 Å². The van der Waals surface area contributed by atoms with Crippen LogP contribution in [0, 0.1) is 18.3 Å². The second-order valence-electron chi connectivity index (χ2n) is 4.49. The van der Waals surface area contributed by atoms with Gasteiger partial charge >= 0.3 is 0 Å². The first-order chi connectivity index (χ1) is 9.83. The summed E-state index contributed by atoms with van der Waals surface area (Å²) in [6, 6.07) is 5.96. The van der Waals surface area contributed by atoms with Crippen molar-refractivity contribution in [1.82, 2.24) is 14.5 Å². The molecular formula is C13H13ClN4O2S. The van der Waals surface area contributed by atoms with Gasteiger partial charge in [-0.1, -0.05) is 11.6 Å². The van der Waals surface area contributed by atoms with Gasteiger partial charge in [0, 0.05) is 25.4 Å². The van der Waals surface area contributed by atoms with E-state index < -0.39 is 10.0 Å². The summed E-state index contributed by atoms with van der Waals surface area (Å²) in [7, 11) is -1.98. The molecule has 0 aliphatic rings. The Balaban J connectivity index is 2.23. The minimum absolute atomic E-state index is 0.0180. The third-order valence-electron chi connectivity index (χ3n) is 2.92. The molecule has 0 radical (unpaired) electrons. The highest BCUT2D eigenvalue weighted by atomic mass is 35.5. The number of aromatic nitrogens is 2. The third kappa shape index (κ3) is 3.42. The number of halogens is 1. The van der Waals surface area contributed by atoms with Crippen LogP contribution in [0.5, 0.6) is 0 Å². The zero-order valence-corrected chi connectivity index (χ0v) is 13.0. The van der Waals surface area contributed by atoms with Crippen molar-refractivity contribution in [3.05, 3.63) is 46.2 Å². The summed E-state index contributed by atoms with van der Waals surface area (Å²) in [4.78, 5) is -0.0512. The zero-order chi connectivity index (χ0) is 15.6. The van der Waals surface area contributed by atoms with Crippen LogP contribution in [0.4, 0.5) is 0 Å². The van der Waals surface area contributed by atoms with E-state index in [9.17, 15) is 8.42 Å². The minimum atomic E-state index is -3.75. The molecule has 0 aliphatic carbocycles. The van der Waals surface area contributed by atoms with Crippen molar-refractivity contribution in [2.75, 3.05) is 0 Å². The Morgan fingerprint density at radius 2 is 2.19 bits per heavy atom. The van der Waals surface area contributed by atoms with Crippen LogP contribution in [0.25, 0.3) is 0 Å². The predicted molar refractivity (Wildman–Crippen MR) is 78.1 cm³/mol. The maximum atomic E-state index is 12.2. The van der Waals surface area contributed by atoms with Crippen LogP contribution in [-0.4, -0.2) is 18.2 Å². The molecule has 0 bridgehead atoms. The molecule has 0 saturated heterocycles.